The topological polar surface area (TPSA) is 29.5 Å². The van der Waals surface area contributed by atoms with Crippen LogP contribution in [0.2, 0.25) is 0 Å². The molecule has 5 aliphatic carbocycles. The minimum Gasteiger partial charge on any atom is -0.418 e. The first kappa shape index (κ1) is 42.6. The Morgan fingerprint density at radius 2 is 0.917 bits per heavy atom. The van der Waals surface area contributed by atoms with Crippen molar-refractivity contribution in [1.82, 2.24) is 4.67 Å². The second-order valence-corrected chi connectivity index (χ2v) is 19.8. The van der Waals surface area contributed by atoms with Crippen molar-refractivity contribution in [3.8, 4) is 0 Å². The second-order valence-electron chi connectivity index (χ2n) is 14.7. The first-order valence-corrected chi connectivity index (χ1v) is 22.3. The Morgan fingerprint density at radius 1 is 0.583 bits per heavy atom. The van der Waals surface area contributed by atoms with E-state index in [1.54, 1.807) is 0 Å². The normalized spacial score (nSPS) is 26.8. The van der Waals surface area contributed by atoms with Gasteiger partial charge in [0, 0.05) is 53.4 Å². The van der Waals surface area contributed by atoms with Gasteiger partial charge in [-0.1, -0.05) is 101 Å². The number of halogens is 4. The van der Waals surface area contributed by atoms with Gasteiger partial charge in [-0.05, 0) is 94.8 Å². The molecule has 0 bridgehead atoms. The van der Waals surface area contributed by atoms with Crippen molar-refractivity contribution in [3.63, 3.8) is 0 Å². The Kier molecular flexibility index (Phi) is 21.0. The Bertz CT molecular complexity index is 869. The fourth-order valence-electron chi connectivity index (χ4n) is 8.75. The quantitative estimate of drug-likeness (QED) is 0.106. The molecule has 0 aromatic carbocycles. The minimum atomic E-state index is -6.00. The van der Waals surface area contributed by atoms with Gasteiger partial charge in [0.15, 0.2) is 0 Å². The van der Waals surface area contributed by atoms with Gasteiger partial charge in [0.05, 0.1) is 12.6 Å². The minimum absolute atomic E-state index is 0. The van der Waals surface area contributed by atoms with Gasteiger partial charge in [0.2, 0.25) is 5.91 Å². The Labute approximate surface area is 305 Å². The van der Waals surface area contributed by atoms with Crippen LogP contribution in [0.5, 0.6) is 0 Å². The number of rotatable bonds is 8. The molecule has 1 atom stereocenters. The van der Waals surface area contributed by atoms with Gasteiger partial charge in [-0.2, -0.15) is 0 Å². The zero-order valence-electron chi connectivity index (χ0n) is 29.4. The summed E-state index contributed by atoms with van der Waals surface area (Å²) in [6, 6.07) is 0.389. The Morgan fingerprint density at radius 3 is 1.27 bits per heavy atom. The van der Waals surface area contributed by atoms with Crippen LogP contribution in [0, 0.1) is 0 Å². The van der Waals surface area contributed by atoms with E-state index in [1.165, 1.54) is 154 Å². The van der Waals surface area contributed by atoms with Crippen LogP contribution >= 0.6 is 16.2 Å². The maximum Gasteiger partial charge on any atom is 0.673 e. The standard InChI is InChI=1S/C29H51NO2P2.C8H12.BF4.Rh/c31-29-22-21-24(23-32-34(27-17-9-3-10-18-27)28-19-11-4-12-20-28)30(29)33(25-13-5-1-6-14-25)26-15-7-2-8-16-26;1-2-4-6-8-7-5-3-1;2-1(3,4)5;/h24-28H,1-23H2;1-2,7-8H,3-6H2;;/q;;-1;/b;2-1-,8-7-;;/t24-;;;/m0.../s1. The summed E-state index contributed by atoms with van der Waals surface area (Å²) >= 11 is 0. The smallest absolute Gasteiger partial charge is 0.418 e. The van der Waals surface area contributed by atoms with Crippen LogP contribution in [-0.2, 0) is 28.8 Å². The fraction of sp³-hybridized carbons (Fsp3) is 0.865. The predicted octanol–water partition coefficient (Wildman–Crippen LogP) is 13.1. The van der Waals surface area contributed by atoms with E-state index >= 15 is 0 Å². The molecule has 5 fully saturated rings. The zero-order valence-corrected chi connectivity index (χ0v) is 32.8. The van der Waals surface area contributed by atoms with Gasteiger partial charge in [-0.3, -0.25) is 4.79 Å². The molecule has 0 spiro atoms. The van der Waals surface area contributed by atoms with E-state index in [9.17, 15) is 22.1 Å². The van der Waals surface area contributed by atoms with Crippen LogP contribution in [0.25, 0.3) is 0 Å². The molecular weight excluding hydrogens is 742 g/mol. The molecule has 1 aliphatic heterocycles. The average Bonchev–Trinajstić information content (AvgIpc) is 3.42. The van der Waals surface area contributed by atoms with Gasteiger partial charge in [0.25, 0.3) is 0 Å². The second kappa shape index (κ2) is 23.7. The van der Waals surface area contributed by atoms with Crippen LogP contribution in [0.1, 0.15) is 167 Å². The SMILES string of the molecule is C1=C\CC/C=C\CC/1.F[B-](F)(F)F.O=C1CC[C@@H](COP(C2CCCCC2)C2CCCCC2)N1P(C1CCCCC1)C1CCCCC1.[Rh]. The summed E-state index contributed by atoms with van der Waals surface area (Å²) in [6.07, 6.45) is 44.0. The number of hydrogen-bond donors (Lipinski definition) is 0. The molecule has 1 amide bonds. The number of nitrogens with zero attached hydrogens (tertiary/aromatic N) is 1. The monoisotopic (exact) mass is 805 g/mol. The molecule has 279 valence electrons. The van der Waals surface area contributed by atoms with Crippen molar-refractivity contribution in [2.45, 2.75) is 196 Å². The van der Waals surface area contributed by atoms with E-state index in [-0.39, 0.29) is 35.7 Å². The third-order valence-electron chi connectivity index (χ3n) is 11.1. The molecule has 6 rings (SSSR count). The van der Waals surface area contributed by atoms with E-state index < -0.39 is 7.25 Å². The maximum absolute atomic E-state index is 13.5. The van der Waals surface area contributed by atoms with Crippen LogP contribution in [0.4, 0.5) is 17.3 Å². The number of carbonyl (C=O) groups excluding carboxylic acids is 1. The molecule has 1 saturated heterocycles. The van der Waals surface area contributed by atoms with Gasteiger partial charge in [-0.25, -0.2) is 0 Å². The molecular formula is C37H63BF4NO2P2Rh-. The van der Waals surface area contributed by atoms with Crippen molar-refractivity contribution < 1.29 is 46.1 Å². The molecule has 0 aromatic heterocycles. The summed E-state index contributed by atoms with van der Waals surface area (Å²) in [5.74, 6) is 0.496. The molecule has 48 heavy (non-hydrogen) atoms. The van der Waals surface area contributed by atoms with E-state index in [0.29, 0.717) is 11.9 Å². The summed E-state index contributed by atoms with van der Waals surface area (Å²) in [5.41, 5.74) is 3.32. The molecule has 3 nitrogen and oxygen atoms in total. The number of amides is 1. The van der Waals surface area contributed by atoms with Crippen molar-refractivity contribution in [1.29, 1.82) is 0 Å². The first-order valence-electron chi connectivity index (χ1n) is 19.5. The molecule has 11 heteroatoms. The predicted molar refractivity (Wildman–Crippen MR) is 194 cm³/mol. The summed E-state index contributed by atoms with van der Waals surface area (Å²) < 4.78 is 48.6. The van der Waals surface area contributed by atoms with Crippen molar-refractivity contribution in [2.75, 3.05) is 6.61 Å². The van der Waals surface area contributed by atoms with Gasteiger partial charge in [-0.15, -0.1) is 0 Å². The Hall–Kier alpha value is 0.178. The number of hydrogen-bond acceptors (Lipinski definition) is 2. The molecule has 6 aliphatic rings. The van der Waals surface area contributed by atoms with E-state index in [4.69, 9.17) is 4.52 Å². The van der Waals surface area contributed by atoms with E-state index in [1.807, 2.05) is 0 Å². The van der Waals surface area contributed by atoms with Crippen molar-refractivity contribution in [3.05, 3.63) is 24.3 Å². The van der Waals surface area contributed by atoms with Crippen LogP contribution in [0.3, 0.4) is 0 Å². The largest absolute Gasteiger partial charge is 0.673 e. The molecule has 0 aromatic rings. The summed E-state index contributed by atoms with van der Waals surface area (Å²) in [4.78, 5) is 13.5. The summed E-state index contributed by atoms with van der Waals surface area (Å²) in [7, 11) is -6.65. The number of carbonyl (C=O) groups is 1. The summed E-state index contributed by atoms with van der Waals surface area (Å²) in [5, 5.41) is 0. The van der Waals surface area contributed by atoms with Gasteiger partial charge < -0.3 is 26.5 Å². The fourth-order valence-corrected chi connectivity index (χ4v) is 15.9. The molecule has 1 radical (unpaired) electrons. The van der Waals surface area contributed by atoms with Crippen molar-refractivity contribution >= 4 is 29.4 Å². The Balaban J connectivity index is 0.000000376. The number of allylic oxidation sites excluding steroid dienone is 4. The van der Waals surface area contributed by atoms with E-state index in [0.717, 1.165) is 42.1 Å². The third kappa shape index (κ3) is 15.4. The van der Waals surface area contributed by atoms with Gasteiger partial charge >= 0.3 is 7.25 Å². The first-order chi connectivity index (χ1) is 22.8. The van der Waals surface area contributed by atoms with Gasteiger partial charge in [0.1, 0.15) is 0 Å². The van der Waals surface area contributed by atoms with Crippen LogP contribution < -0.4 is 0 Å². The molecule has 0 unspecified atom stereocenters. The van der Waals surface area contributed by atoms with Crippen LogP contribution in [-0.4, -0.2) is 53.1 Å². The van der Waals surface area contributed by atoms with Crippen LogP contribution in [0.15, 0.2) is 24.3 Å². The maximum atomic E-state index is 13.5. The molecule has 4 saturated carbocycles. The molecule has 0 N–H and O–H groups in total. The zero-order chi connectivity index (χ0) is 33.3. The third-order valence-corrected chi connectivity index (χ3v) is 17.6. The molecule has 1 heterocycles. The summed E-state index contributed by atoms with van der Waals surface area (Å²) in [6.45, 7) is 0.864. The van der Waals surface area contributed by atoms with E-state index in [2.05, 4.69) is 29.0 Å². The van der Waals surface area contributed by atoms with Crippen molar-refractivity contribution in [2.24, 2.45) is 0 Å². The average molecular weight is 806 g/mol.